The summed E-state index contributed by atoms with van der Waals surface area (Å²) in [6, 6.07) is -0.204. The van der Waals surface area contributed by atoms with Gasteiger partial charge in [0.15, 0.2) is 0 Å². The number of carbonyl (C=O) groups is 2. The molecule has 122 valence electrons. The van der Waals surface area contributed by atoms with Gasteiger partial charge in [-0.1, -0.05) is 0 Å². The number of nitrogens with one attached hydrogen (secondary N) is 1. The lowest BCUT2D eigenvalue weighted by atomic mass is 9.92. The highest BCUT2D eigenvalue weighted by Gasteiger charge is 2.32. The maximum absolute atomic E-state index is 11.8. The zero-order valence-electron chi connectivity index (χ0n) is 13.2. The summed E-state index contributed by atoms with van der Waals surface area (Å²) >= 11 is 0. The van der Waals surface area contributed by atoms with Crippen molar-refractivity contribution in [3.63, 3.8) is 0 Å². The standard InChI is InChI=1S/C14H26N2O5/c1-14(2,3)21-12(18)15-11-7-10(5-6-17)8-16(9-11)13(19)20-4/h10-11,17H,5-9H2,1-4H3,(H,15,18). The number of nitrogens with zero attached hydrogens (tertiary/aromatic N) is 1. The van der Waals surface area contributed by atoms with Crippen molar-refractivity contribution in [1.29, 1.82) is 0 Å². The maximum Gasteiger partial charge on any atom is 0.409 e. The molecule has 0 aromatic carbocycles. The Kier molecular flexibility index (Phi) is 6.26. The fraction of sp³-hybridized carbons (Fsp3) is 0.857. The Labute approximate surface area is 125 Å². The Balaban J connectivity index is 2.62. The van der Waals surface area contributed by atoms with Gasteiger partial charge in [-0.05, 0) is 39.5 Å². The lowest BCUT2D eigenvalue weighted by molar-refractivity contribution is 0.0425. The predicted octanol–water partition coefficient (Wildman–Crippen LogP) is 1.35. The van der Waals surface area contributed by atoms with Crippen LogP contribution in [0.25, 0.3) is 0 Å². The number of amides is 2. The molecule has 1 heterocycles. The van der Waals surface area contributed by atoms with Crippen molar-refractivity contribution in [3.8, 4) is 0 Å². The summed E-state index contributed by atoms with van der Waals surface area (Å²) in [5.41, 5.74) is -0.564. The largest absolute Gasteiger partial charge is 0.453 e. The number of methoxy groups -OCH3 is 1. The van der Waals surface area contributed by atoms with Crippen LogP contribution in [0.2, 0.25) is 0 Å². The molecule has 0 aromatic rings. The van der Waals surface area contributed by atoms with Crippen molar-refractivity contribution in [1.82, 2.24) is 10.2 Å². The molecule has 0 bridgehead atoms. The number of rotatable bonds is 3. The Morgan fingerprint density at radius 1 is 1.33 bits per heavy atom. The first-order valence-electron chi connectivity index (χ1n) is 7.18. The second kappa shape index (κ2) is 7.49. The average Bonchev–Trinajstić information content (AvgIpc) is 2.35. The summed E-state index contributed by atoms with van der Waals surface area (Å²) in [5, 5.41) is 11.9. The minimum absolute atomic E-state index is 0.0544. The van der Waals surface area contributed by atoms with Crippen LogP contribution in [0.1, 0.15) is 33.6 Å². The first-order valence-corrected chi connectivity index (χ1v) is 7.18. The zero-order chi connectivity index (χ0) is 16.0. The van der Waals surface area contributed by atoms with Gasteiger partial charge >= 0.3 is 12.2 Å². The Hall–Kier alpha value is -1.50. The van der Waals surface area contributed by atoms with E-state index in [1.54, 1.807) is 25.7 Å². The molecule has 0 aliphatic carbocycles. The number of ether oxygens (including phenoxy) is 2. The minimum atomic E-state index is -0.564. The first-order chi connectivity index (χ1) is 9.75. The van der Waals surface area contributed by atoms with Gasteiger partial charge in [0, 0.05) is 19.7 Å². The monoisotopic (exact) mass is 302 g/mol. The van der Waals surface area contributed by atoms with Crippen molar-refractivity contribution in [2.45, 2.75) is 45.3 Å². The third-order valence-electron chi connectivity index (χ3n) is 3.23. The van der Waals surface area contributed by atoms with Gasteiger partial charge in [-0.15, -0.1) is 0 Å². The highest BCUT2D eigenvalue weighted by Crippen LogP contribution is 2.21. The minimum Gasteiger partial charge on any atom is -0.453 e. The molecule has 1 saturated heterocycles. The van der Waals surface area contributed by atoms with E-state index in [0.29, 0.717) is 25.9 Å². The normalized spacial score (nSPS) is 22.6. The van der Waals surface area contributed by atoms with Crippen LogP contribution in [0.5, 0.6) is 0 Å². The number of hydrogen-bond acceptors (Lipinski definition) is 5. The summed E-state index contributed by atoms with van der Waals surface area (Å²) in [4.78, 5) is 25.0. The van der Waals surface area contributed by atoms with E-state index < -0.39 is 17.8 Å². The van der Waals surface area contributed by atoms with Gasteiger partial charge in [-0.25, -0.2) is 9.59 Å². The van der Waals surface area contributed by atoms with Gasteiger partial charge in [0.2, 0.25) is 0 Å². The third kappa shape index (κ3) is 6.20. The molecule has 2 unspecified atom stereocenters. The number of piperidine rings is 1. The molecule has 2 atom stereocenters. The predicted molar refractivity (Wildman–Crippen MR) is 76.9 cm³/mol. The van der Waals surface area contributed by atoms with Crippen molar-refractivity contribution in [2.24, 2.45) is 5.92 Å². The molecule has 1 fully saturated rings. The van der Waals surface area contributed by atoms with Crippen LogP contribution >= 0.6 is 0 Å². The van der Waals surface area contributed by atoms with Gasteiger partial charge in [0.05, 0.1) is 13.2 Å². The molecule has 2 amide bonds. The van der Waals surface area contributed by atoms with Crippen molar-refractivity contribution in [2.75, 3.05) is 26.8 Å². The number of hydrogen-bond donors (Lipinski definition) is 2. The Morgan fingerprint density at radius 2 is 2.00 bits per heavy atom. The van der Waals surface area contributed by atoms with Crippen molar-refractivity contribution in [3.05, 3.63) is 0 Å². The first kappa shape index (κ1) is 17.6. The van der Waals surface area contributed by atoms with E-state index in [0.717, 1.165) is 0 Å². The van der Waals surface area contributed by atoms with E-state index in [9.17, 15) is 9.59 Å². The van der Waals surface area contributed by atoms with Crippen LogP contribution in [-0.4, -0.2) is 60.6 Å². The molecule has 1 aliphatic rings. The van der Waals surface area contributed by atoms with E-state index in [4.69, 9.17) is 14.6 Å². The molecule has 7 nitrogen and oxygen atoms in total. The van der Waals surface area contributed by atoms with E-state index in [1.165, 1.54) is 7.11 Å². The van der Waals surface area contributed by atoms with Crippen LogP contribution in [-0.2, 0) is 9.47 Å². The van der Waals surface area contributed by atoms with Crippen LogP contribution in [0.4, 0.5) is 9.59 Å². The quantitative estimate of drug-likeness (QED) is 0.821. The molecule has 21 heavy (non-hydrogen) atoms. The molecule has 1 rings (SSSR count). The molecule has 0 radical (unpaired) electrons. The second-order valence-corrected chi connectivity index (χ2v) is 6.33. The Bertz CT molecular complexity index is 367. The topological polar surface area (TPSA) is 88.1 Å². The number of aliphatic hydroxyl groups is 1. The third-order valence-corrected chi connectivity index (χ3v) is 3.23. The summed E-state index contributed by atoms with van der Waals surface area (Å²) in [5.74, 6) is 0.128. The van der Waals surface area contributed by atoms with Gasteiger partial charge in [0.1, 0.15) is 5.60 Å². The second-order valence-electron chi connectivity index (χ2n) is 6.33. The van der Waals surface area contributed by atoms with Crippen LogP contribution in [0.15, 0.2) is 0 Å². The number of aliphatic hydroxyl groups excluding tert-OH is 1. The molecule has 1 aliphatic heterocycles. The van der Waals surface area contributed by atoms with Gasteiger partial charge in [-0.2, -0.15) is 0 Å². The van der Waals surface area contributed by atoms with Gasteiger partial charge < -0.3 is 24.8 Å². The summed E-state index contributed by atoms with van der Waals surface area (Å²) in [7, 11) is 1.33. The fourth-order valence-corrected chi connectivity index (χ4v) is 2.45. The van der Waals surface area contributed by atoms with E-state index in [-0.39, 0.29) is 18.6 Å². The van der Waals surface area contributed by atoms with Crippen LogP contribution < -0.4 is 5.32 Å². The van der Waals surface area contributed by atoms with Crippen LogP contribution in [0, 0.1) is 5.92 Å². The number of alkyl carbamates (subject to hydrolysis) is 1. The highest BCUT2D eigenvalue weighted by atomic mass is 16.6. The van der Waals surface area contributed by atoms with Gasteiger partial charge in [0.25, 0.3) is 0 Å². The number of likely N-dealkylation sites (tertiary alicyclic amines) is 1. The van der Waals surface area contributed by atoms with E-state index in [1.807, 2.05) is 0 Å². The molecular formula is C14H26N2O5. The molecular weight excluding hydrogens is 276 g/mol. The zero-order valence-corrected chi connectivity index (χ0v) is 13.2. The summed E-state index contributed by atoms with van der Waals surface area (Å²) in [6.45, 7) is 6.35. The van der Waals surface area contributed by atoms with E-state index in [2.05, 4.69) is 5.32 Å². The molecule has 0 spiro atoms. The Morgan fingerprint density at radius 3 is 2.52 bits per heavy atom. The van der Waals surface area contributed by atoms with Crippen LogP contribution in [0.3, 0.4) is 0 Å². The summed E-state index contributed by atoms with van der Waals surface area (Å²) in [6.07, 6.45) is 0.364. The molecule has 0 saturated carbocycles. The number of carbonyl (C=O) groups excluding carboxylic acids is 2. The SMILES string of the molecule is COC(=O)N1CC(CCO)CC(NC(=O)OC(C)(C)C)C1. The lowest BCUT2D eigenvalue weighted by Gasteiger charge is -2.37. The fourth-order valence-electron chi connectivity index (χ4n) is 2.45. The molecule has 0 aromatic heterocycles. The highest BCUT2D eigenvalue weighted by molar-refractivity contribution is 5.69. The van der Waals surface area contributed by atoms with Gasteiger partial charge in [-0.3, -0.25) is 0 Å². The summed E-state index contributed by atoms with van der Waals surface area (Å²) < 4.78 is 9.95. The molecule has 7 heteroatoms. The lowest BCUT2D eigenvalue weighted by Crippen LogP contribution is -2.53. The van der Waals surface area contributed by atoms with E-state index >= 15 is 0 Å². The molecule has 2 N–H and O–H groups in total. The van der Waals surface area contributed by atoms with Crippen molar-refractivity contribution < 1.29 is 24.2 Å². The maximum atomic E-state index is 11.8. The van der Waals surface area contributed by atoms with Crippen molar-refractivity contribution >= 4 is 12.2 Å². The average molecular weight is 302 g/mol. The smallest absolute Gasteiger partial charge is 0.409 e.